The van der Waals surface area contributed by atoms with Crippen molar-refractivity contribution in [3.63, 3.8) is 0 Å². The molecular formula is C15H15N3O2. The normalized spacial score (nSPS) is 10.8. The summed E-state index contributed by atoms with van der Waals surface area (Å²) in [6.07, 6.45) is 3.12. The van der Waals surface area contributed by atoms with Crippen molar-refractivity contribution in [2.24, 2.45) is 0 Å². The smallest absolute Gasteiger partial charge is 0.198 e. The van der Waals surface area contributed by atoms with E-state index in [4.69, 9.17) is 14.9 Å². The number of oxazole rings is 1. The van der Waals surface area contributed by atoms with Crippen LogP contribution in [0.15, 0.2) is 47.0 Å². The molecule has 0 unspecified atom stereocenters. The number of para-hydroxylation sites is 1. The maximum absolute atomic E-state index is 5.65. The lowest BCUT2D eigenvalue weighted by atomic mass is 10.3. The minimum Gasteiger partial charge on any atom is -0.494 e. The molecule has 0 aliphatic rings. The van der Waals surface area contributed by atoms with Crippen molar-refractivity contribution >= 4 is 16.9 Å². The fourth-order valence-corrected chi connectivity index (χ4v) is 1.92. The first-order valence-corrected chi connectivity index (χ1v) is 6.50. The minimum absolute atomic E-state index is 0.576. The van der Waals surface area contributed by atoms with Crippen LogP contribution in [0.1, 0.15) is 12.3 Å². The number of ether oxygens (including phenoxy) is 1. The monoisotopic (exact) mass is 269 g/mol. The maximum atomic E-state index is 5.65. The third-order valence-electron chi connectivity index (χ3n) is 2.86. The number of hydrogen-bond donors (Lipinski definition) is 1. The molecule has 0 saturated carbocycles. The van der Waals surface area contributed by atoms with Gasteiger partial charge in [-0.3, -0.25) is 0 Å². The van der Waals surface area contributed by atoms with Crippen LogP contribution in [0.3, 0.4) is 0 Å². The lowest BCUT2D eigenvalue weighted by Crippen LogP contribution is -1.99. The number of nitrogen functional groups attached to an aromatic ring is 1. The molecule has 3 rings (SSSR count). The highest BCUT2D eigenvalue weighted by Crippen LogP contribution is 2.17. The summed E-state index contributed by atoms with van der Waals surface area (Å²) in [7, 11) is 0. The predicted molar refractivity (Wildman–Crippen MR) is 76.5 cm³/mol. The summed E-state index contributed by atoms with van der Waals surface area (Å²) < 4.78 is 11.2. The Morgan fingerprint density at radius 3 is 2.90 bits per heavy atom. The van der Waals surface area contributed by atoms with Crippen molar-refractivity contribution in [1.82, 2.24) is 9.97 Å². The van der Waals surface area contributed by atoms with E-state index in [-0.39, 0.29) is 0 Å². The van der Waals surface area contributed by atoms with Gasteiger partial charge in [-0.2, -0.15) is 4.98 Å². The van der Waals surface area contributed by atoms with Crippen molar-refractivity contribution in [1.29, 1.82) is 0 Å². The highest BCUT2D eigenvalue weighted by molar-refractivity contribution is 5.71. The Morgan fingerprint density at radius 2 is 2.05 bits per heavy atom. The van der Waals surface area contributed by atoms with Crippen molar-refractivity contribution in [2.75, 3.05) is 12.3 Å². The van der Waals surface area contributed by atoms with E-state index in [0.29, 0.717) is 35.8 Å². The van der Waals surface area contributed by atoms with Gasteiger partial charge in [-0.1, -0.05) is 18.2 Å². The molecule has 2 N–H and O–H groups in total. The average molecular weight is 269 g/mol. The van der Waals surface area contributed by atoms with Crippen LogP contribution in [0.2, 0.25) is 0 Å². The molecule has 5 heteroatoms. The van der Waals surface area contributed by atoms with Crippen LogP contribution in [0, 0.1) is 0 Å². The zero-order chi connectivity index (χ0) is 13.8. The van der Waals surface area contributed by atoms with Gasteiger partial charge in [0, 0.05) is 12.5 Å². The molecule has 0 bridgehead atoms. The molecule has 0 fully saturated rings. The molecule has 0 aliphatic heterocycles. The summed E-state index contributed by atoms with van der Waals surface area (Å²) in [5.74, 6) is 1.54. The first-order valence-electron chi connectivity index (χ1n) is 6.50. The number of anilines is 1. The number of hydrogen-bond acceptors (Lipinski definition) is 5. The summed E-state index contributed by atoms with van der Waals surface area (Å²) in [5.41, 5.74) is 7.45. The zero-order valence-electron chi connectivity index (χ0n) is 11.0. The Hall–Kier alpha value is -2.56. The molecule has 0 atom stereocenters. The maximum Gasteiger partial charge on any atom is 0.198 e. The van der Waals surface area contributed by atoms with E-state index in [1.165, 1.54) is 0 Å². The van der Waals surface area contributed by atoms with Gasteiger partial charge in [0.05, 0.1) is 18.5 Å². The van der Waals surface area contributed by atoms with E-state index in [2.05, 4.69) is 9.97 Å². The van der Waals surface area contributed by atoms with E-state index < -0.39 is 0 Å². The first-order chi connectivity index (χ1) is 9.81. The molecular weight excluding hydrogens is 254 g/mol. The zero-order valence-corrected chi connectivity index (χ0v) is 11.0. The highest BCUT2D eigenvalue weighted by atomic mass is 16.5. The molecule has 2 aromatic heterocycles. The summed E-state index contributed by atoms with van der Waals surface area (Å²) in [6, 6.07) is 11.5. The molecule has 0 saturated heterocycles. The van der Waals surface area contributed by atoms with E-state index >= 15 is 0 Å². The fraction of sp³-hybridized carbons (Fsp3) is 0.200. The van der Waals surface area contributed by atoms with Gasteiger partial charge in [-0.25, -0.2) is 4.98 Å². The van der Waals surface area contributed by atoms with Crippen LogP contribution in [0.4, 0.5) is 5.69 Å². The number of fused-ring (bicyclic) bond motifs is 1. The largest absolute Gasteiger partial charge is 0.494 e. The molecule has 20 heavy (non-hydrogen) atoms. The Bertz CT molecular complexity index is 695. The molecule has 0 aliphatic carbocycles. The van der Waals surface area contributed by atoms with Gasteiger partial charge >= 0.3 is 0 Å². The summed E-state index contributed by atoms with van der Waals surface area (Å²) in [6.45, 7) is 0.623. The van der Waals surface area contributed by atoms with E-state index in [1.54, 1.807) is 12.3 Å². The summed E-state index contributed by atoms with van der Waals surface area (Å²) in [4.78, 5) is 8.43. The average Bonchev–Trinajstić information content (AvgIpc) is 2.86. The molecule has 3 aromatic rings. The van der Waals surface area contributed by atoms with Crippen LogP contribution in [0.25, 0.3) is 11.2 Å². The Kier molecular flexibility index (Phi) is 3.50. The third-order valence-corrected chi connectivity index (χ3v) is 2.86. The first kappa shape index (κ1) is 12.5. The molecule has 0 radical (unpaired) electrons. The van der Waals surface area contributed by atoms with Gasteiger partial charge in [-0.15, -0.1) is 0 Å². The lowest BCUT2D eigenvalue weighted by Gasteiger charge is -2.03. The van der Waals surface area contributed by atoms with Gasteiger partial charge < -0.3 is 14.9 Å². The number of rotatable bonds is 5. The topological polar surface area (TPSA) is 74.2 Å². The SMILES string of the molecule is Nc1cnc2nc(CCCOc3ccccc3)oc2c1. The number of aryl methyl sites for hydroxylation is 1. The number of aromatic nitrogens is 2. The van der Waals surface area contributed by atoms with E-state index in [0.717, 1.165) is 12.2 Å². The van der Waals surface area contributed by atoms with Crippen molar-refractivity contribution in [3.8, 4) is 5.75 Å². The van der Waals surface area contributed by atoms with Gasteiger partial charge in [0.15, 0.2) is 17.1 Å². The lowest BCUT2D eigenvalue weighted by molar-refractivity contribution is 0.306. The third kappa shape index (κ3) is 2.88. The molecule has 102 valence electrons. The van der Waals surface area contributed by atoms with Crippen LogP contribution in [0.5, 0.6) is 5.75 Å². The minimum atomic E-state index is 0.576. The van der Waals surface area contributed by atoms with Crippen LogP contribution in [-0.4, -0.2) is 16.6 Å². The summed E-state index contributed by atoms with van der Waals surface area (Å²) >= 11 is 0. The van der Waals surface area contributed by atoms with Crippen molar-refractivity contribution in [2.45, 2.75) is 12.8 Å². The number of benzene rings is 1. The van der Waals surface area contributed by atoms with Gasteiger partial charge in [0.2, 0.25) is 0 Å². The number of pyridine rings is 1. The molecule has 1 aromatic carbocycles. The molecule has 2 heterocycles. The molecule has 0 spiro atoms. The Balaban J connectivity index is 1.55. The molecule has 5 nitrogen and oxygen atoms in total. The fourth-order valence-electron chi connectivity index (χ4n) is 1.92. The van der Waals surface area contributed by atoms with Crippen molar-refractivity contribution < 1.29 is 9.15 Å². The van der Waals surface area contributed by atoms with Crippen LogP contribution in [-0.2, 0) is 6.42 Å². The van der Waals surface area contributed by atoms with Gasteiger partial charge in [0.25, 0.3) is 0 Å². The summed E-state index contributed by atoms with van der Waals surface area (Å²) in [5, 5.41) is 0. The standard InChI is InChI=1S/C15H15N3O2/c16-11-9-13-15(17-10-11)18-14(20-13)7-4-8-19-12-5-2-1-3-6-12/h1-3,5-6,9-10H,4,7-8,16H2. The van der Waals surface area contributed by atoms with Gasteiger partial charge in [-0.05, 0) is 18.6 Å². The second kappa shape index (κ2) is 5.61. The number of nitrogens with two attached hydrogens (primary N) is 1. The second-order valence-electron chi connectivity index (χ2n) is 4.46. The molecule has 0 amide bonds. The highest BCUT2D eigenvalue weighted by Gasteiger charge is 2.07. The van der Waals surface area contributed by atoms with Crippen LogP contribution >= 0.6 is 0 Å². The van der Waals surface area contributed by atoms with E-state index in [9.17, 15) is 0 Å². The van der Waals surface area contributed by atoms with Gasteiger partial charge in [0.1, 0.15) is 5.75 Å². The quantitative estimate of drug-likeness (QED) is 0.721. The van der Waals surface area contributed by atoms with Crippen LogP contribution < -0.4 is 10.5 Å². The van der Waals surface area contributed by atoms with Crippen molar-refractivity contribution in [3.05, 3.63) is 48.5 Å². The number of nitrogens with zero attached hydrogens (tertiary/aromatic N) is 2. The predicted octanol–water partition coefficient (Wildman–Crippen LogP) is 2.82. The Morgan fingerprint density at radius 1 is 1.20 bits per heavy atom. The second-order valence-corrected chi connectivity index (χ2v) is 4.46. The van der Waals surface area contributed by atoms with E-state index in [1.807, 2.05) is 30.3 Å². The Labute approximate surface area is 116 Å².